The lowest BCUT2D eigenvalue weighted by Crippen LogP contribution is -2.51. The van der Waals surface area contributed by atoms with Crippen molar-refractivity contribution in [3.05, 3.63) is 64.6 Å². The number of H-pyrrole nitrogens is 1. The molecule has 1 fully saturated rings. The maximum atomic E-state index is 12.6. The lowest BCUT2D eigenvalue weighted by Gasteiger charge is -2.37. The van der Waals surface area contributed by atoms with Crippen LogP contribution in [0.2, 0.25) is 0 Å². The number of fused-ring (bicyclic) bond motifs is 1. The molecule has 2 N–H and O–H groups in total. The Labute approximate surface area is 156 Å². The van der Waals surface area contributed by atoms with Crippen molar-refractivity contribution in [3.8, 4) is 0 Å². The Balaban J connectivity index is 1.49. The second-order valence-electron chi connectivity index (χ2n) is 7.25. The highest BCUT2D eigenvalue weighted by molar-refractivity contribution is 5.97. The predicted molar refractivity (Wildman–Crippen MR) is 104 cm³/mol. The van der Waals surface area contributed by atoms with Crippen molar-refractivity contribution in [1.82, 2.24) is 9.55 Å². The van der Waals surface area contributed by atoms with Crippen LogP contribution in [-0.4, -0.2) is 53.4 Å². The lowest BCUT2D eigenvalue weighted by atomic mass is 10.1. The number of likely N-dealkylation sites (N-methyl/N-ethyl adjacent to an activating group) is 1. The van der Waals surface area contributed by atoms with Gasteiger partial charge in [-0.1, -0.05) is 24.3 Å². The van der Waals surface area contributed by atoms with Crippen LogP contribution in [-0.2, 0) is 11.3 Å². The number of hydrogen-bond acceptors (Lipinski definition) is 3. The molecule has 0 saturated carbocycles. The molecular formula is C20H23N4O3+. The summed E-state index contributed by atoms with van der Waals surface area (Å²) in [4.78, 5) is 27.4. The van der Waals surface area contributed by atoms with Gasteiger partial charge in [-0.25, -0.2) is 14.2 Å². The molecule has 7 nitrogen and oxygen atoms in total. The summed E-state index contributed by atoms with van der Waals surface area (Å²) in [6.45, 7) is 4.53. The van der Waals surface area contributed by atoms with E-state index in [1.54, 1.807) is 18.2 Å². The van der Waals surface area contributed by atoms with Gasteiger partial charge in [0.05, 0.1) is 31.3 Å². The van der Waals surface area contributed by atoms with Crippen molar-refractivity contribution in [2.24, 2.45) is 0 Å². The zero-order chi connectivity index (χ0) is 18.9. The van der Waals surface area contributed by atoms with Crippen LogP contribution < -0.4 is 11.0 Å². The SMILES string of the molecule is C[N+]1(Cc2ccc(NC(=O)n3c(=O)[nH]c4ccccc43)cc2)CCOCC1. The van der Waals surface area contributed by atoms with Crippen LogP contribution >= 0.6 is 0 Å². The van der Waals surface area contributed by atoms with Crippen LogP contribution in [0.25, 0.3) is 11.0 Å². The van der Waals surface area contributed by atoms with E-state index in [9.17, 15) is 9.59 Å². The number of carbonyl (C=O) groups is 1. The van der Waals surface area contributed by atoms with Gasteiger partial charge in [0, 0.05) is 11.3 Å². The average molecular weight is 367 g/mol. The topological polar surface area (TPSA) is 76.1 Å². The maximum Gasteiger partial charge on any atom is 0.334 e. The Bertz CT molecular complexity index is 1010. The minimum absolute atomic E-state index is 0.449. The summed E-state index contributed by atoms with van der Waals surface area (Å²) >= 11 is 0. The van der Waals surface area contributed by atoms with Gasteiger partial charge in [0.2, 0.25) is 0 Å². The molecule has 0 radical (unpaired) electrons. The Hall–Kier alpha value is -2.90. The predicted octanol–water partition coefficient (Wildman–Crippen LogP) is 2.39. The van der Waals surface area contributed by atoms with E-state index in [0.29, 0.717) is 16.7 Å². The number of anilines is 1. The van der Waals surface area contributed by atoms with Gasteiger partial charge >= 0.3 is 11.7 Å². The first-order valence-corrected chi connectivity index (χ1v) is 9.05. The molecule has 140 valence electrons. The van der Waals surface area contributed by atoms with Gasteiger partial charge in [-0.3, -0.25) is 0 Å². The fourth-order valence-electron chi connectivity index (χ4n) is 3.51. The summed E-state index contributed by atoms with van der Waals surface area (Å²) in [6.07, 6.45) is 0. The van der Waals surface area contributed by atoms with Crippen molar-refractivity contribution in [2.75, 3.05) is 38.7 Å². The van der Waals surface area contributed by atoms with Crippen molar-refractivity contribution in [2.45, 2.75) is 6.54 Å². The number of benzene rings is 2. The minimum atomic E-state index is -0.475. The van der Waals surface area contributed by atoms with Crippen molar-refractivity contribution in [1.29, 1.82) is 0 Å². The zero-order valence-corrected chi connectivity index (χ0v) is 15.3. The van der Waals surface area contributed by atoms with Gasteiger partial charge < -0.3 is 19.5 Å². The summed E-state index contributed by atoms with van der Waals surface area (Å²) in [7, 11) is 2.24. The second-order valence-corrected chi connectivity index (χ2v) is 7.25. The molecule has 1 aliphatic rings. The Morgan fingerprint density at radius 3 is 2.59 bits per heavy atom. The third kappa shape index (κ3) is 3.65. The number of rotatable bonds is 3. The standard InChI is InChI=1S/C20H22N4O3/c1-24(10-12-27-13-11-24)14-15-6-8-16(9-7-15)21-19(25)23-18-5-3-2-4-17(18)22-20(23)26/h2-9H,10-14H2,1H3,(H-,21,22,25,26)/p+1. The fourth-order valence-corrected chi connectivity index (χ4v) is 3.51. The molecule has 0 bridgehead atoms. The Morgan fingerprint density at radius 1 is 1.15 bits per heavy atom. The first-order valence-electron chi connectivity index (χ1n) is 9.05. The van der Waals surface area contributed by atoms with E-state index in [0.717, 1.165) is 41.9 Å². The van der Waals surface area contributed by atoms with E-state index >= 15 is 0 Å². The lowest BCUT2D eigenvalue weighted by molar-refractivity contribution is -0.929. The summed E-state index contributed by atoms with van der Waals surface area (Å²) in [5, 5.41) is 2.80. The third-order valence-electron chi connectivity index (χ3n) is 5.11. The number of aromatic amines is 1. The first-order chi connectivity index (χ1) is 13.0. The minimum Gasteiger partial charge on any atom is -0.370 e. The summed E-state index contributed by atoms with van der Waals surface area (Å²) < 4.78 is 7.52. The molecule has 4 rings (SSSR count). The Morgan fingerprint density at radius 2 is 1.85 bits per heavy atom. The van der Waals surface area contributed by atoms with E-state index in [1.165, 1.54) is 5.56 Å². The first kappa shape index (κ1) is 17.5. The molecule has 3 aromatic rings. The number of para-hydroxylation sites is 2. The zero-order valence-electron chi connectivity index (χ0n) is 15.3. The molecule has 2 aromatic carbocycles. The largest absolute Gasteiger partial charge is 0.370 e. The number of nitrogens with zero attached hydrogens (tertiary/aromatic N) is 2. The third-order valence-corrected chi connectivity index (χ3v) is 5.11. The number of aromatic nitrogens is 2. The van der Waals surface area contributed by atoms with Crippen LogP contribution in [0.4, 0.5) is 10.5 Å². The van der Waals surface area contributed by atoms with Gasteiger partial charge in [0.1, 0.15) is 19.6 Å². The quantitative estimate of drug-likeness (QED) is 0.698. The van der Waals surface area contributed by atoms with Crippen LogP contribution in [0, 0.1) is 0 Å². The monoisotopic (exact) mass is 367 g/mol. The van der Waals surface area contributed by atoms with E-state index in [1.807, 2.05) is 30.3 Å². The molecule has 2 heterocycles. The number of morpholine rings is 1. The molecule has 0 unspecified atom stereocenters. The molecule has 1 aromatic heterocycles. The highest BCUT2D eigenvalue weighted by atomic mass is 16.5. The number of hydrogen-bond donors (Lipinski definition) is 2. The van der Waals surface area contributed by atoms with E-state index in [4.69, 9.17) is 4.74 Å². The maximum absolute atomic E-state index is 12.6. The smallest absolute Gasteiger partial charge is 0.334 e. The number of quaternary nitrogens is 1. The molecule has 1 amide bonds. The number of carbonyl (C=O) groups excluding carboxylic acids is 1. The van der Waals surface area contributed by atoms with Crippen LogP contribution in [0.15, 0.2) is 53.3 Å². The van der Waals surface area contributed by atoms with Gasteiger partial charge in [-0.05, 0) is 24.3 Å². The van der Waals surface area contributed by atoms with E-state index < -0.39 is 11.7 Å². The molecule has 0 spiro atoms. The van der Waals surface area contributed by atoms with Crippen molar-refractivity contribution >= 4 is 22.8 Å². The van der Waals surface area contributed by atoms with Gasteiger partial charge in [0.15, 0.2) is 0 Å². The van der Waals surface area contributed by atoms with Crippen LogP contribution in [0.3, 0.4) is 0 Å². The van der Waals surface area contributed by atoms with E-state index in [-0.39, 0.29) is 0 Å². The molecular weight excluding hydrogens is 344 g/mol. The Kier molecular flexibility index (Phi) is 4.55. The van der Waals surface area contributed by atoms with Crippen molar-refractivity contribution in [3.63, 3.8) is 0 Å². The summed E-state index contributed by atoms with van der Waals surface area (Å²) in [6, 6.07) is 14.4. The number of nitrogens with one attached hydrogen (secondary N) is 2. The molecule has 1 aliphatic heterocycles. The highest BCUT2D eigenvalue weighted by Gasteiger charge is 2.25. The molecule has 27 heavy (non-hydrogen) atoms. The second kappa shape index (κ2) is 7.02. The molecule has 1 saturated heterocycles. The van der Waals surface area contributed by atoms with Crippen LogP contribution in [0.1, 0.15) is 5.56 Å². The molecule has 7 heteroatoms. The number of ether oxygens (including phenoxy) is 1. The number of amides is 1. The average Bonchev–Trinajstić information content (AvgIpc) is 2.99. The van der Waals surface area contributed by atoms with Crippen LogP contribution in [0.5, 0.6) is 0 Å². The normalized spacial score (nSPS) is 16.3. The highest BCUT2D eigenvalue weighted by Crippen LogP contribution is 2.17. The molecule has 0 aliphatic carbocycles. The van der Waals surface area contributed by atoms with Gasteiger partial charge in [0.25, 0.3) is 0 Å². The van der Waals surface area contributed by atoms with E-state index in [2.05, 4.69) is 17.3 Å². The van der Waals surface area contributed by atoms with Gasteiger partial charge in [-0.15, -0.1) is 0 Å². The number of imidazole rings is 1. The van der Waals surface area contributed by atoms with Gasteiger partial charge in [-0.2, -0.15) is 0 Å². The summed E-state index contributed by atoms with van der Waals surface area (Å²) in [5.74, 6) is 0. The fraction of sp³-hybridized carbons (Fsp3) is 0.300. The summed E-state index contributed by atoms with van der Waals surface area (Å²) in [5.41, 5.74) is 2.61. The molecule has 0 atom stereocenters. The van der Waals surface area contributed by atoms with Crippen molar-refractivity contribution < 1.29 is 14.0 Å².